The summed E-state index contributed by atoms with van der Waals surface area (Å²) in [4.78, 5) is 15.5. The second-order valence-electron chi connectivity index (χ2n) is 4.69. The highest BCUT2D eigenvalue weighted by Gasteiger charge is 2.14. The van der Waals surface area contributed by atoms with Gasteiger partial charge in [0.2, 0.25) is 11.3 Å². The van der Waals surface area contributed by atoms with Gasteiger partial charge in [0.15, 0.2) is 0 Å². The molecule has 0 bridgehead atoms. The Morgan fingerprint density at radius 2 is 2.13 bits per heavy atom. The van der Waals surface area contributed by atoms with Gasteiger partial charge >= 0.3 is 5.97 Å². The van der Waals surface area contributed by atoms with Gasteiger partial charge in [0.1, 0.15) is 0 Å². The molecule has 1 N–H and O–H groups in total. The van der Waals surface area contributed by atoms with Crippen molar-refractivity contribution in [2.45, 2.75) is 13.1 Å². The number of hydrogen-bond donors (Lipinski definition) is 1. The predicted octanol–water partition coefficient (Wildman–Crippen LogP) is 2.77. The quantitative estimate of drug-likeness (QED) is 0.597. The van der Waals surface area contributed by atoms with E-state index in [-0.39, 0.29) is 6.54 Å². The topological polar surface area (TPSA) is 79.7 Å². The van der Waals surface area contributed by atoms with Crippen molar-refractivity contribution >= 4 is 33.2 Å². The lowest BCUT2D eigenvalue weighted by atomic mass is 10.2. The molecule has 0 fully saturated rings. The van der Waals surface area contributed by atoms with Crippen molar-refractivity contribution in [2.24, 2.45) is 0 Å². The molecule has 6 nitrogen and oxygen atoms in total. The van der Waals surface area contributed by atoms with Gasteiger partial charge in [0.25, 0.3) is 0 Å². The van der Waals surface area contributed by atoms with Crippen molar-refractivity contribution in [3.8, 4) is 0 Å². The number of nitrogens with zero attached hydrogens (tertiary/aromatic N) is 2. The van der Waals surface area contributed by atoms with Gasteiger partial charge in [0.05, 0.1) is 24.9 Å². The van der Waals surface area contributed by atoms with Gasteiger partial charge in [-0.1, -0.05) is 28.1 Å². The van der Waals surface area contributed by atoms with Crippen LogP contribution in [0.15, 0.2) is 47.1 Å². The van der Waals surface area contributed by atoms with Gasteiger partial charge in [0, 0.05) is 17.2 Å². The summed E-state index contributed by atoms with van der Waals surface area (Å²) < 4.78 is 27.9. The van der Waals surface area contributed by atoms with E-state index in [9.17, 15) is 13.6 Å². The van der Waals surface area contributed by atoms with Gasteiger partial charge in [-0.3, -0.25) is 9.54 Å². The van der Waals surface area contributed by atoms with Gasteiger partial charge in [-0.25, -0.2) is 9.00 Å². The number of hydrogen-bond acceptors (Lipinski definition) is 4. The Morgan fingerprint density at radius 3 is 2.70 bits per heavy atom. The largest absolute Gasteiger partial charge is 0.465 e. The van der Waals surface area contributed by atoms with E-state index in [1.807, 2.05) is 24.3 Å². The molecule has 1 unspecified atom stereocenters. The normalized spacial score (nSPS) is 12.2. The van der Waals surface area contributed by atoms with Crippen LogP contribution in [-0.4, -0.2) is 31.1 Å². The van der Waals surface area contributed by atoms with Gasteiger partial charge in [-0.15, -0.1) is 0 Å². The van der Waals surface area contributed by atoms with Crippen LogP contribution in [0.5, 0.6) is 0 Å². The molecule has 1 aromatic heterocycles. The second-order valence-corrected chi connectivity index (χ2v) is 6.58. The summed E-state index contributed by atoms with van der Waals surface area (Å²) in [6.45, 7) is 0.472. The maximum Gasteiger partial charge on any atom is 0.339 e. The first kappa shape index (κ1) is 17.7. The molecule has 0 saturated carbocycles. The Morgan fingerprint density at radius 1 is 1.35 bits per heavy atom. The number of pyridine rings is 1. The SMILES string of the molecule is COC(=O)c1ccc(CN(Cc2cccc(Br)c2)S(=O)O)nc1. The maximum atomic E-state index is 11.5. The molecule has 2 rings (SSSR count). The van der Waals surface area contributed by atoms with E-state index >= 15 is 0 Å². The van der Waals surface area contributed by atoms with Crippen LogP contribution in [-0.2, 0) is 29.1 Å². The van der Waals surface area contributed by atoms with Crippen LogP contribution >= 0.6 is 15.9 Å². The van der Waals surface area contributed by atoms with E-state index in [0.29, 0.717) is 17.8 Å². The molecule has 2 aromatic rings. The van der Waals surface area contributed by atoms with Crippen LogP contribution in [0.25, 0.3) is 0 Å². The average molecular weight is 399 g/mol. The Bertz CT molecular complexity index is 709. The first-order valence-corrected chi connectivity index (χ1v) is 8.49. The van der Waals surface area contributed by atoms with E-state index in [4.69, 9.17) is 0 Å². The van der Waals surface area contributed by atoms with Crippen LogP contribution in [0.3, 0.4) is 0 Å². The Hall–Kier alpha value is -1.61. The highest BCUT2D eigenvalue weighted by molar-refractivity contribution is 9.10. The lowest BCUT2D eigenvalue weighted by Gasteiger charge is -2.17. The highest BCUT2D eigenvalue weighted by Crippen LogP contribution is 2.15. The lowest BCUT2D eigenvalue weighted by Crippen LogP contribution is -2.25. The predicted molar refractivity (Wildman–Crippen MR) is 89.7 cm³/mol. The number of aromatic nitrogens is 1. The fourth-order valence-electron chi connectivity index (χ4n) is 1.94. The molecule has 0 saturated heterocycles. The molecule has 1 atom stereocenters. The van der Waals surface area contributed by atoms with E-state index in [2.05, 4.69) is 25.7 Å². The van der Waals surface area contributed by atoms with Gasteiger partial charge < -0.3 is 4.74 Å². The van der Waals surface area contributed by atoms with Gasteiger partial charge in [-0.2, -0.15) is 4.31 Å². The minimum absolute atomic E-state index is 0.178. The number of rotatable bonds is 6. The number of esters is 1. The summed E-state index contributed by atoms with van der Waals surface area (Å²) in [7, 11) is 1.30. The summed E-state index contributed by atoms with van der Waals surface area (Å²) in [6.07, 6.45) is 1.39. The molecule has 0 radical (unpaired) electrons. The molecule has 1 aromatic carbocycles. The average Bonchev–Trinajstić information content (AvgIpc) is 2.54. The lowest BCUT2D eigenvalue weighted by molar-refractivity contribution is 0.0600. The first-order chi connectivity index (χ1) is 11.0. The molecule has 0 aliphatic carbocycles. The summed E-state index contributed by atoms with van der Waals surface area (Å²) in [5, 5.41) is 0. The second kappa shape index (κ2) is 8.30. The van der Waals surface area contributed by atoms with Crippen LogP contribution in [0.2, 0.25) is 0 Å². The minimum atomic E-state index is -2.14. The molecule has 1 heterocycles. The van der Waals surface area contributed by atoms with Crippen molar-refractivity contribution in [1.82, 2.24) is 9.29 Å². The molecular weight excluding hydrogens is 384 g/mol. The van der Waals surface area contributed by atoms with Crippen molar-refractivity contribution in [1.29, 1.82) is 0 Å². The van der Waals surface area contributed by atoms with Crippen LogP contribution < -0.4 is 0 Å². The van der Waals surface area contributed by atoms with Gasteiger partial charge in [-0.05, 0) is 29.8 Å². The molecule has 8 heteroatoms. The Balaban J connectivity index is 2.10. The smallest absolute Gasteiger partial charge is 0.339 e. The first-order valence-electron chi connectivity index (χ1n) is 6.63. The van der Waals surface area contributed by atoms with Crippen molar-refractivity contribution in [2.75, 3.05) is 7.11 Å². The Kier molecular flexibility index (Phi) is 6.40. The number of ether oxygens (including phenoxy) is 1. The minimum Gasteiger partial charge on any atom is -0.465 e. The summed E-state index contributed by atoms with van der Waals surface area (Å²) in [5.74, 6) is -0.472. The molecule has 0 aliphatic heterocycles. The number of methoxy groups -OCH3 is 1. The number of benzene rings is 1. The van der Waals surface area contributed by atoms with Crippen molar-refractivity contribution < 1.29 is 18.3 Å². The zero-order valence-electron chi connectivity index (χ0n) is 12.3. The standard InChI is InChI=1S/C15H15BrN2O4S/c1-22-15(19)12-5-6-14(17-8-12)10-18(23(20)21)9-11-3-2-4-13(16)7-11/h2-8H,9-10H2,1H3,(H,20,21). The zero-order chi connectivity index (χ0) is 16.8. The summed E-state index contributed by atoms with van der Waals surface area (Å²) >= 11 is 1.23. The van der Waals surface area contributed by atoms with Crippen molar-refractivity contribution in [3.63, 3.8) is 0 Å². The van der Waals surface area contributed by atoms with E-state index < -0.39 is 17.2 Å². The summed E-state index contributed by atoms with van der Waals surface area (Å²) in [6, 6.07) is 10.7. The van der Waals surface area contributed by atoms with E-state index in [1.165, 1.54) is 17.6 Å². The van der Waals surface area contributed by atoms with Crippen molar-refractivity contribution in [3.05, 3.63) is 63.9 Å². The molecule has 23 heavy (non-hydrogen) atoms. The monoisotopic (exact) mass is 398 g/mol. The fraction of sp³-hybridized carbons (Fsp3) is 0.200. The maximum absolute atomic E-state index is 11.5. The van der Waals surface area contributed by atoms with Crippen LogP contribution in [0.1, 0.15) is 21.6 Å². The Labute approximate surface area is 145 Å². The number of halogens is 1. The molecule has 0 spiro atoms. The summed E-state index contributed by atoms with van der Waals surface area (Å²) in [5.41, 5.74) is 1.81. The van der Waals surface area contributed by atoms with E-state index in [1.54, 1.807) is 12.1 Å². The van der Waals surface area contributed by atoms with E-state index in [0.717, 1.165) is 10.0 Å². The molecular formula is C15H15BrN2O4S. The molecule has 0 amide bonds. The molecule has 122 valence electrons. The number of carbonyl (C=O) groups excluding carboxylic acids is 1. The fourth-order valence-corrected chi connectivity index (χ4v) is 2.89. The number of carbonyl (C=O) groups is 1. The third-order valence-corrected chi connectivity index (χ3v) is 4.25. The third kappa shape index (κ3) is 5.21. The van der Waals surface area contributed by atoms with Crippen LogP contribution in [0.4, 0.5) is 0 Å². The zero-order valence-corrected chi connectivity index (χ0v) is 14.7. The van der Waals surface area contributed by atoms with Crippen LogP contribution in [0, 0.1) is 0 Å². The molecule has 0 aliphatic rings. The third-order valence-electron chi connectivity index (χ3n) is 3.05. The highest BCUT2D eigenvalue weighted by atomic mass is 79.9.